The number of rotatable bonds is 9. The van der Waals surface area contributed by atoms with Gasteiger partial charge in [0.2, 0.25) is 10.0 Å². The third kappa shape index (κ3) is 6.71. The van der Waals surface area contributed by atoms with Crippen LogP contribution < -0.4 is 10.0 Å². The first-order chi connectivity index (χ1) is 14.8. The van der Waals surface area contributed by atoms with Crippen molar-refractivity contribution in [1.82, 2.24) is 14.6 Å². The molecule has 0 bridgehead atoms. The largest absolute Gasteiger partial charge is 0.383 e. The first kappa shape index (κ1) is 24.1. The van der Waals surface area contributed by atoms with Crippen molar-refractivity contribution >= 4 is 44.0 Å². The van der Waals surface area contributed by atoms with Crippen molar-refractivity contribution in [2.45, 2.75) is 31.2 Å². The number of nitrogens with zero attached hydrogens (tertiary/aromatic N) is 2. The number of hydrogen-bond donors (Lipinski definition) is 2. The van der Waals surface area contributed by atoms with E-state index in [1.54, 1.807) is 0 Å². The fourth-order valence-electron chi connectivity index (χ4n) is 3.26. The smallest absolute Gasteiger partial charge is 0.259 e. The summed E-state index contributed by atoms with van der Waals surface area (Å²) < 4.78 is 32.1. The number of piperidine rings is 1. The number of benzene rings is 1. The van der Waals surface area contributed by atoms with Crippen molar-refractivity contribution < 1.29 is 17.9 Å². The summed E-state index contributed by atoms with van der Waals surface area (Å²) in [5.41, 5.74) is 0.970. The Morgan fingerprint density at radius 2 is 2.10 bits per heavy atom. The zero-order valence-electron chi connectivity index (χ0n) is 17.6. The maximum absolute atomic E-state index is 12.7. The van der Waals surface area contributed by atoms with E-state index in [-0.39, 0.29) is 28.6 Å². The number of carbonyl (C=O) groups excluding carboxylic acids is 1. The number of halogens is 1. The van der Waals surface area contributed by atoms with Crippen molar-refractivity contribution in [2.24, 2.45) is 5.92 Å². The molecule has 1 fully saturated rings. The Bertz CT molecular complexity index is 1000. The first-order valence-electron chi connectivity index (χ1n) is 10.0. The lowest BCUT2D eigenvalue weighted by Gasteiger charge is -2.29. The molecule has 0 radical (unpaired) electrons. The molecule has 1 aromatic carbocycles. The number of anilines is 1. The van der Waals surface area contributed by atoms with E-state index in [0.29, 0.717) is 5.13 Å². The van der Waals surface area contributed by atoms with Gasteiger partial charge in [0.15, 0.2) is 5.13 Å². The van der Waals surface area contributed by atoms with Crippen LogP contribution in [0.4, 0.5) is 5.13 Å². The highest BCUT2D eigenvalue weighted by Crippen LogP contribution is 2.24. The summed E-state index contributed by atoms with van der Waals surface area (Å²) >= 11 is 7.49. The Labute approximate surface area is 192 Å². The van der Waals surface area contributed by atoms with Gasteiger partial charge in [-0.3, -0.25) is 15.0 Å². The van der Waals surface area contributed by atoms with E-state index in [9.17, 15) is 13.2 Å². The molecule has 2 heterocycles. The Morgan fingerprint density at radius 1 is 1.35 bits per heavy atom. The number of aromatic nitrogens is 1. The molecule has 1 aliphatic heterocycles. The molecule has 8 nitrogen and oxygen atoms in total. The summed E-state index contributed by atoms with van der Waals surface area (Å²) in [5, 5.41) is 5.26. The lowest BCUT2D eigenvalue weighted by molar-refractivity contribution is 0.102. The molecule has 0 aliphatic carbocycles. The van der Waals surface area contributed by atoms with Crippen LogP contribution in [0.2, 0.25) is 5.02 Å². The molecule has 1 aliphatic rings. The van der Waals surface area contributed by atoms with Gasteiger partial charge in [-0.05, 0) is 50.0 Å². The van der Waals surface area contributed by atoms with Gasteiger partial charge in [0.25, 0.3) is 5.91 Å². The number of carbonyl (C=O) groups is 1. The predicted octanol–water partition coefficient (Wildman–Crippen LogP) is 3.21. The number of likely N-dealkylation sites (tertiary alicyclic amines) is 1. The van der Waals surface area contributed by atoms with Gasteiger partial charge in [0, 0.05) is 25.6 Å². The topological polar surface area (TPSA) is 101 Å². The van der Waals surface area contributed by atoms with E-state index in [4.69, 9.17) is 16.3 Å². The molecule has 1 saturated heterocycles. The van der Waals surface area contributed by atoms with Crippen molar-refractivity contribution in [3.8, 4) is 0 Å². The molecule has 0 spiro atoms. The maximum atomic E-state index is 12.7. The quantitative estimate of drug-likeness (QED) is 0.528. The standard InChI is InChI=1S/C20H27ClN4O4S2/c1-14-5-8-25(9-6-14)12-15-13-30-20(23-15)24-19(26)17-11-16(3-4-18(17)21)31(27,28)22-7-10-29-2/h3-4,11,13-14,22H,5-10,12H2,1-2H3,(H,23,24,26). The highest BCUT2D eigenvalue weighted by molar-refractivity contribution is 7.89. The van der Waals surface area contributed by atoms with Gasteiger partial charge >= 0.3 is 0 Å². The zero-order valence-corrected chi connectivity index (χ0v) is 19.9. The second-order valence-electron chi connectivity index (χ2n) is 7.59. The summed E-state index contributed by atoms with van der Waals surface area (Å²) in [6.07, 6.45) is 2.37. The molecule has 2 aromatic rings. The van der Waals surface area contributed by atoms with E-state index in [2.05, 4.69) is 26.8 Å². The zero-order chi connectivity index (χ0) is 22.4. The van der Waals surface area contributed by atoms with Crippen LogP contribution in [0.5, 0.6) is 0 Å². The highest BCUT2D eigenvalue weighted by Gasteiger charge is 2.20. The highest BCUT2D eigenvalue weighted by atomic mass is 35.5. The van der Waals surface area contributed by atoms with E-state index in [1.165, 1.54) is 49.5 Å². The minimum absolute atomic E-state index is 0.0442. The molecule has 31 heavy (non-hydrogen) atoms. The third-order valence-electron chi connectivity index (χ3n) is 5.13. The maximum Gasteiger partial charge on any atom is 0.259 e. The van der Waals surface area contributed by atoms with Gasteiger partial charge in [0.1, 0.15) is 0 Å². The summed E-state index contributed by atoms with van der Waals surface area (Å²) in [4.78, 5) is 19.6. The molecule has 0 atom stereocenters. The van der Waals surface area contributed by atoms with Crippen LogP contribution in [0, 0.1) is 5.92 Å². The summed E-state index contributed by atoms with van der Waals surface area (Å²) in [7, 11) is -2.30. The molecule has 3 rings (SSSR count). The lowest BCUT2D eigenvalue weighted by atomic mass is 9.99. The molecule has 2 N–H and O–H groups in total. The van der Waals surface area contributed by atoms with Crippen LogP contribution in [0.3, 0.4) is 0 Å². The molecule has 1 amide bonds. The Morgan fingerprint density at radius 3 is 2.81 bits per heavy atom. The normalized spacial score (nSPS) is 15.8. The molecule has 170 valence electrons. The van der Waals surface area contributed by atoms with E-state index < -0.39 is 15.9 Å². The third-order valence-corrected chi connectivity index (χ3v) is 7.72. The Balaban J connectivity index is 1.66. The second kappa shape index (κ2) is 10.8. The van der Waals surface area contributed by atoms with Crippen molar-refractivity contribution in [1.29, 1.82) is 0 Å². The van der Waals surface area contributed by atoms with Crippen LogP contribution >= 0.6 is 22.9 Å². The number of nitrogens with one attached hydrogen (secondary N) is 2. The Kier molecular flexibility index (Phi) is 8.43. The van der Waals surface area contributed by atoms with Gasteiger partial charge in [-0.25, -0.2) is 18.1 Å². The van der Waals surface area contributed by atoms with E-state index in [0.717, 1.165) is 31.2 Å². The Hall–Kier alpha value is -1.56. The molecular weight excluding hydrogens is 460 g/mol. The molecule has 0 unspecified atom stereocenters. The molecule has 0 saturated carbocycles. The fraction of sp³-hybridized carbons (Fsp3) is 0.500. The SMILES string of the molecule is COCCNS(=O)(=O)c1ccc(Cl)c(C(=O)Nc2nc(CN3CCC(C)CC3)cs2)c1. The minimum atomic E-state index is -3.78. The second-order valence-corrected chi connectivity index (χ2v) is 10.6. The van der Waals surface area contributed by atoms with Crippen molar-refractivity contribution in [2.75, 3.05) is 38.7 Å². The number of amides is 1. The van der Waals surface area contributed by atoms with Crippen LogP contribution in [0.25, 0.3) is 0 Å². The summed E-state index contributed by atoms with van der Waals surface area (Å²) in [6.45, 7) is 5.49. The van der Waals surface area contributed by atoms with Crippen LogP contribution in [-0.4, -0.2) is 57.6 Å². The van der Waals surface area contributed by atoms with E-state index >= 15 is 0 Å². The van der Waals surface area contributed by atoms with E-state index in [1.807, 2.05) is 5.38 Å². The van der Waals surface area contributed by atoms with Crippen LogP contribution in [-0.2, 0) is 21.3 Å². The number of thiazole rings is 1. The van der Waals surface area contributed by atoms with Crippen LogP contribution in [0.15, 0.2) is 28.5 Å². The molecule has 1 aromatic heterocycles. The first-order valence-corrected chi connectivity index (χ1v) is 12.8. The van der Waals surface area contributed by atoms with Gasteiger partial charge in [-0.15, -0.1) is 11.3 Å². The predicted molar refractivity (Wildman–Crippen MR) is 122 cm³/mol. The lowest BCUT2D eigenvalue weighted by Crippen LogP contribution is -2.32. The number of ether oxygens (including phenoxy) is 1. The molecular formula is C20H27ClN4O4S2. The van der Waals surface area contributed by atoms with Crippen LogP contribution in [0.1, 0.15) is 35.8 Å². The van der Waals surface area contributed by atoms with Crippen molar-refractivity contribution in [3.05, 3.63) is 39.9 Å². The van der Waals surface area contributed by atoms with Crippen molar-refractivity contribution in [3.63, 3.8) is 0 Å². The fourth-order valence-corrected chi connectivity index (χ4v) is 5.20. The number of sulfonamides is 1. The average molecular weight is 487 g/mol. The summed E-state index contributed by atoms with van der Waals surface area (Å²) in [5.74, 6) is 0.257. The van der Waals surface area contributed by atoms with Gasteiger partial charge in [-0.1, -0.05) is 18.5 Å². The molecule has 11 heteroatoms. The number of hydrogen-bond acceptors (Lipinski definition) is 7. The minimum Gasteiger partial charge on any atom is -0.383 e. The number of methoxy groups -OCH3 is 1. The average Bonchev–Trinajstić information content (AvgIpc) is 3.16. The van der Waals surface area contributed by atoms with Gasteiger partial charge in [-0.2, -0.15) is 0 Å². The summed E-state index contributed by atoms with van der Waals surface area (Å²) in [6, 6.07) is 4.01. The van der Waals surface area contributed by atoms with Gasteiger partial charge < -0.3 is 4.74 Å². The monoisotopic (exact) mass is 486 g/mol. The van der Waals surface area contributed by atoms with Gasteiger partial charge in [0.05, 0.1) is 27.8 Å².